The highest BCUT2D eigenvalue weighted by molar-refractivity contribution is 5.78. The smallest absolute Gasteiger partial charge is 0.224 e. The standard InChI is InChI=1S/C20H28N2O2/c1-17(23)22(14-12-18-8-4-2-5-9-18)15-13-21-20(24)16-19-10-6-3-7-11-19/h3,6-8,10-11H,2,4-5,9,12-16H2,1H3,(H,21,24). The fourth-order valence-electron chi connectivity index (χ4n) is 3.01. The number of nitrogens with zero attached hydrogens (tertiary/aromatic N) is 1. The largest absolute Gasteiger partial charge is 0.354 e. The SMILES string of the molecule is CC(=O)N(CCNC(=O)Cc1ccccc1)CCC1=CCCCC1. The van der Waals surface area contributed by atoms with Crippen molar-refractivity contribution in [3.8, 4) is 0 Å². The van der Waals surface area contributed by atoms with Crippen molar-refractivity contribution in [3.05, 3.63) is 47.5 Å². The van der Waals surface area contributed by atoms with Crippen LogP contribution in [0, 0.1) is 0 Å². The number of carbonyl (C=O) groups excluding carboxylic acids is 2. The Hall–Kier alpha value is -2.10. The Balaban J connectivity index is 1.70. The molecule has 4 heteroatoms. The van der Waals surface area contributed by atoms with Gasteiger partial charge in [-0.25, -0.2) is 0 Å². The summed E-state index contributed by atoms with van der Waals surface area (Å²) in [7, 11) is 0. The minimum Gasteiger partial charge on any atom is -0.354 e. The van der Waals surface area contributed by atoms with E-state index in [0.717, 1.165) is 18.5 Å². The number of hydrogen-bond donors (Lipinski definition) is 1. The zero-order valence-corrected chi connectivity index (χ0v) is 14.6. The lowest BCUT2D eigenvalue weighted by molar-refractivity contribution is -0.129. The summed E-state index contributed by atoms with van der Waals surface area (Å²) < 4.78 is 0. The van der Waals surface area contributed by atoms with Crippen LogP contribution < -0.4 is 5.32 Å². The van der Waals surface area contributed by atoms with Gasteiger partial charge in [-0.15, -0.1) is 0 Å². The second-order valence-electron chi connectivity index (χ2n) is 6.38. The van der Waals surface area contributed by atoms with Crippen molar-refractivity contribution in [1.29, 1.82) is 0 Å². The normalized spacial score (nSPS) is 14.0. The minimum absolute atomic E-state index is 0.000286. The Kier molecular flexibility index (Phi) is 7.53. The average Bonchev–Trinajstić information content (AvgIpc) is 2.59. The molecule has 1 aliphatic rings. The van der Waals surface area contributed by atoms with Gasteiger partial charge in [-0.3, -0.25) is 9.59 Å². The van der Waals surface area contributed by atoms with Gasteiger partial charge in [-0.05, 0) is 37.7 Å². The molecule has 0 aromatic heterocycles. The predicted octanol–water partition coefficient (Wildman–Crippen LogP) is 3.08. The van der Waals surface area contributed by atoms with Crippen LogP contribution in [0.25, 0.3) is 0 Å². The van der Waals surface area contributed by atoms with Crippen LogP contribution in [-0.2, 0) is 16.0 Å². The Morgan fingerprint density at radius 3 is 2.58 bits per heavy atom. The summed E-state index contributed by atoms with van der Waals surface area (Å²) in [5.41, 5.74) is 2.48. The van der Waals surface area contributed by atoms with E-state index in [0.29, 0.717) is 19.5 Å². The van der Waals surface area contributed by atoms with Gasteiger partial charge in [0.25, 0.3) is 0 Å². The molecule has 2 amide bonds. The monoisotopic (exact) mass is 328 g/mol. The molecule has 0 atom stereocenters. The maximum Gasteiger partial charge on any atom is 0.224 e. The molecule has 1 N–H and O–H groups in total. The number of rotatable bonds is 8. The van der Waals surface area contributed by atoms with E-state index in [2.05, 4.69) is 11.4 Å². The molecular formula is C20H28N2O2. The number of allylic oxidation sites excluding steroid dienone is 1. The second-order valence-corrected chi connectivity index (χ2v) is 6.38. The number of amides is 2. The highest BCUT2D eigenvalue weighted by Gasteiger charge is 2.11. The van der Waals surface area contributed by atoms with Crippen LogP contribution in [0.2, 0.25) is 0 Å². The lowest BCUT2D eigenvalue weighted by Crippen LogP contribution is -2.38. The summed E-state index contributed by atoms with van der Waals surface area (Å²) in [6.07, 6.45) is 8.55. The maximum absolute atomic E-state index is 11.9. The Morgan fingerprint density at radius 1 is 1.12 bits per heavy atom. The Bertz CT molecular complexity index is 566. The lowest BCUT2D eigenvalue weighted by Gasteiger charge is -2.23. The zero-order chi connectivity index (χ0) is 17.2. The summed E-state index contributed by atoms with van der Waals surface area (Å²) in [5, 5.41) is 2.91. The molecule has 0 fully saturated rings. The van der Waals surface area contributed by atoms with E-state index in [1.165, 1.54) is 31.3 Å². The van der Waals surface area contributed by atoms with Crippen molar-refractivity contribution < 1.29 is 9.59 Å². The van der Waals surface area contributed by atoms with Crippen molar-refractivity contribution in [1.82, 2.24) is 10.2 Å². The van der Waals surface area contributed by atoms with E-state index >= 15 is 0 Å². The third-order valence-electron chi connectivity index (χ3n) is 4.44. The topological polar surface area (TPSA) is 49.4 Å². The molecule has 130 valence electrons. The first-order chi connectivity index (χ1) is 11.6. The molecule has 0 radical (unpaired) electrons. The second kappa shape index (κ2) is 9.91. The zero-order valence-electron chi connectivity index (χ0n) is 14.6. The molecule has 2 rings (SSSR count). The van der Waals surface area contributed by atoms with Crippen LogP contribution in [0.4, 0.5) is 0 Å². The van der Waals surface area contributed by atoms with Crippen molar-refractivity contribution in [2.24, 2.45) is 0 Å². The molecule has 0 bridgehead atoms. The molecular weight excluding hydrogens is 300 g/mol. The number of carbonyl (C=O) groups is 2. The van der Waals surface area contributed by atoms with Gasteiger partial charge in [-0.2, -0.15) is 0 Å². The predicted molar refractivity (Wildman–Crippen MR) is 96.6 cm³/mol. The van der Waals surface area contributed by atoms with Crippen molar-refractivity contribution in [3.63, 3.8) is 0 Å². The summed E-state index contributed by atoms with van der Waals surface area (Å²) in [6.45, 7) is 3.42. The molecule has 0 saturated carbocycles. The number of nitrogens with one attached hydrogen (secondary N) is 1. The quantitative estimate of drug-likeness (QED) is 0.746. The van der Waals surface area contributed by atoms with Crippen molar-refractivity contribution >= 4 is 11.8 Å². The van der Waals surface area contributed by atoms with Crippen LogP contribution in [0.3, 0.4) is 0 Å². The average molecular weight is 328 g/mol. The molecule has 1 aromatic carbocycles. The number of hydrogen-bond acceptors (Lipinski definition) is 2. The van der Waals surface area contributed by atoms with E-state index in [4.69, 9.17) is 0 Å². The Morgan fingerprint density at radius 2 is 1.92 bits per heavy atom. The summed E-state index contributed by atoms with van der Waals surface area (Å²) in [4.78, 5) is 25.6. The maximum atomic E-state index is 11.9. The van der Waals surface area contributed by atoms with Gasteiger partial charge in [-0.1, -0.05) is 42.0 Å². The minimum atomic E-state index is -0.000286. The third-order valence-corrected chi connectivity index (χ3v) is 4.44. The molecule has 0 saturated heterocycles. The fraction of sp³-hybridized carbons (Fsp3) is 0.500. The van der Waals surface area contributed by atoms with Gasteiger partial charge in [0.2, 0.25) is 11.8 Å². The van der Waals surface area contributed by atoms with Gasteiger partial charge in [0.05, 0.1) is 6.42 Å². The van der Waals surface area contributed by atoms with Gasteiger partial charge >= 0.3 is 0 Å². The first kappa shape index (κ1) is 18.2. The van der Waals surface area contributed by atoms with E-state index in [1.54, 1.807) is 6.92 Å². The molecule has 4 nitrogen and oxygen atoms in total. The summed E-state index contributed by atoms with van der Waals surface area (Å²) in [5.74, 6) is 0.0726. The van der Waals surface area contributed by atoms with Crippen molar-refractivity contribution in [2.45, 2.75) is 45.4 Å². The number of benzene rings is 1. The molecule has 0 aliphatic heterocycles. The van der Waals surface area contributed by atoms with Gasteiger partial charge in [0.15, 0.2) is 0 Å². The highest BCUT2D eigenvalue weighted by Crippen LogP contribution is 2.20. The molecule has 1 aliphatic carbocycles. The van der Waals surface area contributed by atoms with Gasteiger partial charge in [0.1, 0.15) is 0 Å². The summed E-state index contributed by atoms with van der Waals surface area (Å²) >= 11 is 0. The molecule has 0 heterocycles. The Labute approximate surface area is 144 Å². The molecule has 0 spiro atoms. The van der Waals surface area contributed by atoms with Crippen LogP contribution in [0.15, 0.2) is 42.0 Å². The van der Waals surface area contributed by atoms with Crippen LogP contribution in [0.5, 0.6) is 0 Å². The first-order valence-electron chi connectivity index (χ1n) is 8.89. The van der Waals surface area contributed by atoms with E-state index < -0.39 is 0 Å². The van der Waals surface area contributed by atoms with Crippen LogP contribution >= 0.6 is 0 Å². The molecule has 24 heavy (non-hydrogen) atoms. The third kappa shape index (κ3) is 6.57. The van der Waals surface area contributed by atoms with Crippen LogP contribution in [0.1, 0.15) is 44.6 Å². The first-order valence-corrected chi connectivity index (χ1v) is 8.89. The van der Waals surface area contributed by atoms with E-state index in [9.17, 15) is 9.59 Å². The molecule has 1 aromatic rings. The highest BCUT2D eigenvalue weighted by atomic mass is 16.2. The molecule has 0 unspecified atom stereocenters. The van der Waals surface area contributed by atoms with Crippen LogP contribution in [-0.4, -0.2) is 36.3 Å². The van der Waals surface area contributed by atoms with E-state index in [1.807, 2.05) is 35.2 Å². The fourth-order valence-corrected chi connectivity index (χ4v) is 3.01. The summed E-state index contributed by atoms with van der Waals surface area (Å²) in [6, 6.07) is 9.69. The van der Waals surface area contributed by atoms with Crippen molar-refractivity contribution in [2.75, 3.05) is 19.6 Å². The van der Waals surface area contributed by atoms with E-state index in [-0.39, 0.29) is 11.8 Å². The lowest BCUT2D eigenvalue weighted by atomic mass is 9.97. The van der Waals surface area contributed by atoms with Gasteiger partial charge < -0.3 is 10.2 Å². The van der Waals surface area contributed by atoms with Gasteiger partial charge in [0, 0.05) is 26.6 Å².